The van der Waals surface area contributed by atoms with Gasteiger partial charge in [0.15, 0.2) is 5.82 Å². The molecule has 13 heteroatoms. The first-order valence-corrected chi connectivity index (χ1v) is 13.1. The number of anilines is 1. The zero-order chi connectivity index (χ0) is 25.5. The normalized spacial score (nSPS) is 22.2. The first kappa shape index (κ1) is 25.3. The summed E-state index contributed by atoms with van der Waals surface area (Å²) in [6, 6.07) is 0.171. The molecule has 0 bridgehead atoms. The third-order valence-electron chi connectivity index (χ3n) is 5.42. The Balaban J connectivity index is 1.55. The van der Waals surface area contributed by atoms with Crippen LogP contribution < -0.4 is 14.2 Å². The minimum absolute atomic E-state index is 0.0648. The maximum Gasteiger partial charge on any atom is 0.311 e. The molecule has 1 aromatic rings. The Labute approximate surface area is 210 Å². The van der Waals surface area contributed by atoms with E-state index >= 15 is 0 Å². The Morgan fingerprint density at radius 2 is 2.03 bits per heavy atom. The third kappa shape index (κ3) is 6.27. The number of hydrazone groups is 1. The zero-order valence-corrected chi connectivity index (χ0v) is 21.1. The minimum Gasteiger partial charge on any atom is -0.473 e. The van der Waals surface area contributed by atoms with Crippen LogP contribution in [-0.2, 0) is 14.9 Å². The molecule has 3 atom stereocenters. The largest absolute Gasteiger partial charge is 0.473 e. The van der Waals surface area contributed by atoms with Crippen molar-refractivity contribution >= 4 is 40.1 Å². The fourth-order valence-electron chi connectivity index (χ4n) is 3.33. The maximum absolute atomic E-state index is 12.6. The number of allylic oxidation sites excluding steroid dienone is 2. The Kier molecular flexibility index (Phi) is 7.97. The van der Waals surface area contributed by atoms with Crippen molar-refractivity contribution < 1.29 is 17.9 Å². The highest BCUT2D eigenvalue weighted by atomic mass is 32.2. The van der Waals surface area contributed by atoms with Crippen molar-refractivity contribution in [1.82, 2.24) is 19.7 Å². The fraction of sp³-hybridized carbons (Fsp3) is 0.435. The molecule has 3 aliphatic heterocycles. The van der Waals surface area contributed by atoms with Crippen molar-refractivity contribution in [2.45, 2.75) is 39.3 Å². The number of fused-ring (bicyclic) bond motifs is 1. The van der Waals surface area contributed by atoms with Crippen molar-refractivity contribution in [3.63, 3.8) is 0 Å². The fourth-order valence-corrected chi connectivity index (χ4v) is 4.28. The standard InChI is InChI=1S/C23H28N8O4S/c1-4-9-28-36(32,33)30-21-20(18-7-8-19-6-5-10-27-31(19)14-18)22(26-15-25-21)34-11-12-35-23-24-13-16(2)17(3)29-23/h7-8,10,13-17,19,28H,4,9,11-12H2,1-3H3,(H,25,26,30). The molecule has 3 unspecified atom stereocenters. The van der Waals surface area contributed by atoms with Gasteiger partial charge in [0.2, 0.25) is 5.88 Å². The monoisotopic (exact) mass is 512 g/mol. The molecule has 190 valence electrons. The van der Waals surface area contributed by atoms with Gasteiger partial charge in [-0.2, -0.15) is 18.2 Å². The van der Waals surface area contributed by atoms with Gasteiger partial charge in [-0.25, -0.2) is 20.0 Å². The Morgan fingerprint density at radius 1 is 1.19 bits per heavy atom. The van der Waals surface area contributed by atoms with Crippen LogP contribution in [0, 0.1) is 17.8 Å². The van der Waals surface area contributed by atoms with Crippen LogP contribution in [0.4, 0.5) is 5.82 Å². The second kappa shape index (κ2) is 11.3. The highest BCUT2D eigenvalue weighted by molar-refractivity contribution is 7.90. The number of amidine groups is 1. The van der Waals surface area contributed by atoms with Gasteiger partial charge in [0.1, 0.15) is 25.6 Å². The van der Waals surface area contributed by atoms with Gasteiger partial charge in [0.25, 0.3) is 10.2 Å². The molecule has 4 rings (SSSR count). The van der Waals surface area contributed by atoms with Crippen molar-refractivity contribution in [2.24, 2.45) is 21.0 Å². The van der Waals surface area contributed by atoms with Gasteiger partial charge >= 0.3 is 6.02 Å². The van der Waals surface area contributed by atoms with Crippen LogP contribution in [0.15, 0.2) is 39.8 Å². The maximum atomic E-state index is 12.6. The third-order valence-corrected chi connectivity index (χ3v) is 6.47. The van der Waals surface area contributed by atoms with E-state index in [0.29, 0.717) is 23.6 Å². The molecule has 12 nitrogen and oxygen atoms in total. The van der Waals surface area contributed by atoms with Gasteiger partial charge in [0.05, 0.1) is 17.8 Å². The van der Waals surface area contributed by atoms with E-state index < -0.39 is 10.2 Å². The molecule has 1 aromatic heterocycles. The summed E-state index contributed by atoms with van der Waals surface area (Å²) in [5, 5.41) is 5.94. The lowest BCUT2D eigenvalue weighted by Crippen LogP contribution is -2.31. The number of nitrogens with zero attached hydrogens (tertiary/aromatic N) is 6. The molecule has 0 amide bonds. The molecule has 4 heterocycles. The summed E-state index contributed by atoms with van der Waals surface area (Å²) in [7, 11) is -3.87. The summed E-state index contributed by atoms with van der Waals surface area (Å²) in [4.78, 5) is 17.0. The quantitative estimate of drug-likeness (QED) is 0.358. The molecule has 2 N–H and O–H groups in total. The summed E-state index contributed by atoms with van der Waals surface area (Å²) < 4.78 is 41.6. The van der Waals surface area contributed by atoms with Gasteiger partial charge in [0, 0.05) is 30.5 Å². The number of aromatic nitrogens is 2. The molecular weight excluding hydrogens is 484 g/mol. The topological polar surface area (TPSA) is 143 Å². The van der Waals surface area contributed by atoms with E-state index in [1.807, 2.05) is 39.1 Å². The predicted octanol–water partition coefficient (Wildman–Crippen LogP) is 1.58. The summed E-state index contributed by atoms with van der Waals surface area (Å²) >= 11 is 0. The van der Waals surface area contributed by atoms with E-state index in [4.69, 9.17) is 9.47 Å². The van der Waals surface area contributed by atoms with E-state index in [1.54, 1.807) is 11.2 Å². The number of hydrogen-bond donors (Lipinski definition) is 2. The Morgan fingerprint density at radius 3 is 2.83 bits per heavy atom. The molecule has 0 fully saturated rings. The lowest BCUT2D eigenvalue weighted by molar-refractivity contribution is 0.200. The number of ether oxygens (including phenoxy) is 2. The van der Waals surface area contributed by atoms with Crippen LogP contribution in [-0.4, -0.2) is 73.7 Å². The molecule has 0 saturated heterocycles. The van der Waals surface area contributed by atoms with Crippen LogP contribution >= 0.6 is 0 Å². The summed E-state index contributed by atoms with van der Waals surface area (Å²) in [5.41, 5.74) is 0.958. The Hall–Kier alpha value is -3.76. The zero-order valence-electron chi connectivity index (χ0n) is 20.2. The first-order valence-electron chi connectivity index (χ1n) is 11.6. The van der Waals surface area contributed by atoms with Crippen LogP contribution in [0.3, 0.4) is 0 Å². The van der Waals surface area contributed by atoms with E-state index in [2.05, 4.69) is 46.3 Å². The molecular formula is C23H28N8O4S. The molecule has 36 heavy (non-hydrogen) atoms. The number of aliphatic imine (C=N–C) groups is 2. The number of nitrogens with one attached hydrogen (secondary N) is 2. The van der Waals surface area contributed by atoms with Crippen molar-refractivity contribution in [1.29, 1.82) is 0 Å². The van der Waals surface area contributed by atoms with E-state index in [0.717, 1.165) is 0 Å². The first-order chi connectivity index (χ1) is 17.4. The van der Waals surface area contributed by atoms with Crippen LogP contribution in [0.25, 0.3) is 5.57 Å². The van der Waals surface area contributed by atoms with E-state index in [-0.39, 0.29) is 49.5 Å². The van der Waals surface area contributed by atoms with Gasteiger partial charge in [-0.1, -0.05) is 31.8 Å². The summed E-state index contributed by atoms with van der Waals surface area (Å²) in [6.45, 7) is 6.48. The van der Waals surface area contributed by atoms with Crippen LogP contribution in [0.5, 0.6) is 5.88 Å². The van der Waals surface area contributed by atoms with E-state index in [9.17, 15) is 8.42 Å². The molecule has 0 saturated carbocycles. The molecule has 0 radical (unpaired) electrons. The van der Waals surface area contributed by atoms with E-state index in [1.165, 1.54) is 12.5 Å². The molecule has 0 aromatic carbocycles. The molecule has 0 aliphatic carbocycles. The minimum atomic E-state index is -3.87. The predicted molar refractivity (Wildman–Crippen MR) is 138 cm³/mol. The van der Waals surface area contributed by atoms with Gasteiger partial charge in [-0.3, -0.25) is 9.73 Å². The second-order valence-electron chi connectivity index (χ2n) is 8.19. The molecule has 3 aliphatic rings. The summed E-state index contributed by atoms with van der Waals surface area (Å²) in [5.74, 6) is 6.36. The van der Waals surface area contributed by atoms with Gasteiger partial charge in [-0.15, -0.1) is 0 Å². The average molecular weight is 513 g/mol. The van der Waals surface area contributed by atoms with Crippen molar-refractivity contribution in [3.8, 4) is 17.7 Å². The second-order valence-corrected chi connectivity index (χ2v) is 9.69. The summed E-state index contributed by atoms with van der Waals surface area (Å²) in [6.07, 6.45) is 10.6. The van der Waals surface area contributed by atoms with Crippen molar-refractivity contribution in [3.05, 3.63) is 30.2 Å². The lowest BCUT2D eigenvalue weighted by atomic mass is 10.0. The number of hydrogen-bond acceptors (Lipinski definition) is 10. The van der Waals surface area contributed by atoms with Crippen LogP contribution in [0.1, 0.15) is 32.8 Å². The van der Waals surface area contributed by atoms with Gasteiger partial charge < -0.3 is 9.47 Å². The van der Waals surface area contributed by atoms with Crippen LogP contribution in [0.2, 0.25) is 0 Å². The average Bonchev–Trinajstić information content (AvgIpc) is 2.87. The highest BCUT2D eigenvalue weighted by Crippen LogP contribution is 2.34. The lowest BCUT2D eigenvalue weighted by Gasteiger charge is -2.26. The number of rotatable bonds is 10. The SMILES string of the molecule is CCCNS(=O)(=O)Nc1ncnc(OCCOC2=NC(C)C(C)C=N2)c1C1=CN2N=CC#CC2C=C1. The highest BCUT2D eigenvalue weighted by Gasteiger charge is 2.24. The molecule has 0 spiro atoms. The smallest absolute Gasteiger partial charge is 0.311 e. The van der Waals surface area contributed by atoms with Gasteiger partial charge in [-0.05, 0) is 19.4 Å². The Bertz CT molecular complexity index is 1290. The van der Waals surface area contributed by atoms with Crippen molar-refractivity contribution in [2.75, 3.05) is 24.5 Å².